The Morgan fingerprint density at radius 2 is 1.69 bits per heavy atom. The quantitative estimate of drug-likeness (QED) is 0.684. The highest BCUT2D eigenvalue weighted by molar-refractivity contribution is 6.03. The molecule has 0 saturated heterocycles. The standard InChI is InChI=1S/C20H15F3N4O2/c21-20(22,23)12-26-18(28)14-4-1-3-13(9-14)15-6-7-17(25-11-15)27-19(29)16-5-2-8-24-10-16/h1-11H,12H2,(H,26,28)(H,25,27,29). The van der Waals surface area contributed by atoms with E-state index in [0.717, 1.165) is 0 Å². The molecule has 0 aliphatic heterocycles. The van der Waals surface area contributed by atoms with Gasteiger partial charge in [0.15, 0.2) is 0 Å². The number of nitrogens with one attached hydrogen (secondary N) is 2. The van der Waals surface area contributed by atoms with Crippen molar-refractivity contribution in [2.75, 3.05) is 11.9 Å². The van der Waals surface area contributed by atoms with Crippen LogP contribution in [0.25, 0.3) is 11.1 Å². The largest absolute Gasteiger partial charge is 0.405 e. The lowest BCUT2D eigenvalue weighted by atomic mass is 10.0. The van der Waals surface area contributed by atoms with Crippen molar-refractivity contribution >= 4 is 17.6 Å². The number of benzene rings is 1. The molecule has 0 spiro atoms. The first-order valence-electron chi connectivity index (χ1n) is 8.45. The van der Waals surface area contributed by atoms with Gasteiger partial charge in [-0.3, -0.25) is 14.6 Å². The van der Waals surface area contributed by atoms with Gasteiger partial charge in [-0.2, -0.15) is 13.2 Å². The minimum atomic E-state index is -4.48. The van der Waals surface area contributed by atoms with Crippen molar-refractivity contribution in [2.45, 2.75) is 6.18 Å². The third-order valence-electron chi connectivity index (χ3n) is 3.84. The monoisotopic (exact) mass is 400 g/mol. The summed E-state index contributed by atoms with van der Waals surface area (Å²) in [6.45, 7) is -1.40. The summed E-state index contributed by atoms with van der Waals surface area (Å²) in [4.78, 5) is 32.0. The Morgan fingerprint density at radius 1 is 0.897 bits per heavy atom. The second-order valence-electron chi connectivity index (χ2n) is 6.01. The Hall–Kier alpha value is -3.75. The molecule has 0 atom stereocenters. The third kappa shape index (κ3) is 5.61. The molecule has 0 aliphatic rings. The molecular weight excluding hydrogens is 385 g/mol. The normalized spacial score (nSPS) is 11.0. The Kier molecular flexibility index (Phi) is 5.87. The summed E-state index contributed by atoms with van der Waals surface area (Å²) in [6, 6.07) is 12.7. The van der Waals surface area contributed by atoms with Crippen molar-refractivity contribution in [3.8, 4) is 11.1 Å². The topological polar surface area (TPSA) is 84.0 Å². The highest BCUT2D eigenvalue weighted by atomic mass is 19.4. The molecule has 6 nitrogen and oxygen atoms in total. The molecule has 0 saturated carbocycles. The lowest BCUT2D eigenvalue weighted by Gasteiger charge is -2.10. The highest BCUT2D eigenvalue weighted by Crippen LogP contribution is 2.21. The number of halogens is 3. The lowest BCUT2D eigenvalue weighted by Crippen LogP contribution is -2.33. The number of pyridine rings is 2. The highest BCUT2D eigenvalue weighted by Gasteiger charge is 2.27. The molecule has 2 amide bonds. The molecule has 3 rings (SSSR count). The zero-order valence-electron chi connectivity index (χ0n) is 14.9. The van der Waals surface area contributed by atoms with Crippen molar-refractivity contribution in [3.63, 3.8) is 0 Å². The minimum absolute atomic E-state index is 0.0979. The smallest absolute Gasteiger partial charge is 0.343 e. The Morgan fingerprint density at radius 3 is 2.34 bits per heavy atom. The number of aromatic nitrogens is 2. The van der Waals surface area contributed by atoms with E-state index in [4.69, 9.17) is 0 Å². The maximum absolute atomic E-state index is 12.3. The SMILES string of the molecule is O=C(NCC(F)(F)F)c1cccc(-c2ccc(NC(=O)c3cccnc3)nc2)c1. The van der Waals surface area contributed by atoms with Crippen LogP contribution < -0.4 is 10.6 Å². The maximum Gasteiger partial charge on any atom is 0.405 e. The van der Waals surface area contributed by atoms with Gasteiger partial charge in [-0.15, -0.1) is 0 Å². The van der Waals surface area contributed by atoms with Crippen molar-refractivity contribution in [1.29, 1.82) is 0 Å². The summed E-state index contributed by atoms with van der Waals surface area (Å²) in [7, 11) is 0. The van der Waals surface area contributed by atoms with Gasteiger partial charge < -0.3 is 10.6 Å². The van der Waals surface area contributed by atoms with Crippen LogP contribution in [0.3, 0.4) is 0 Å². The third-order valence-corrected chi connectivity index (χ3v) is 3.84. The van der Waals surface area contributed by atoms with E-state index in [1.807, 2.05) is 5.32 Å². The fourth-order valence-electron chi connectivity index (χ4n) is 2.45. The number of amides is 2. The van der Waals surface area contributed by atoms with Gasteiger partial charge in [0.1, 0.15) is 12.4 Å². The van der Waals surface area contributed by atoms with E-state index in [0.29, 0.717) is 22.5 Å². The van der Waals surface area contributed by atoms with E-state index in [-0.39, 0.29) is 11.5 Å². The molecule has 0 bridgehead atoms. The van der Waals surface area contributed by atoms with Crippen LogP contribution in [-0.2, 0) is 0 Å². The molecule has 0 radical (unpaired) electrons. The predicted octanol–water partition coefficient (Wildman–Crippen LogP) is 3.69. The average Bonchev–Trinajstić information content (AvgIpc) is 2.73. The van der Waals surface area contributed by atoms with Gasteiger partial charge in [0, 0.05) is 29.7 Å². The van der Waals surface area contributed by atoms with Crippen molar-refractivity contribution < 1.29 is 22.8 Å². The second kappa shape index (κ2) is 8.51. The van der Waals surface area contributed by atoms with Gasteiger partial charge >= 0.3 is 6.18 Å². The Labute approximate surface area is 163 Å². The average molecular weight is 400 g/mol. The molecule has 148 valence electrons. The number of hydrogen-bond acceptors (Lipinski definition) is 4. The molecule has 2 aromatic heterocycles. The molecule has 0 aliphatic carbocycles. The van der Waals surface area contributed by atoms with Crippen molar-refractivity contribution in [3.05, 3.63) is 78.2 Å². The van der Waals surface area contributed by atoms with Gasteiger partial charge in [0.25, 0.3) is 11.8 Å². The Bertz CT molecular complexity index is 1010. The number of anilines is 1. The summed E-state index contributed by atoms with van der Waals surface area (Å²) in [5.74, 6) is -0.860. The lowest BCUT2D eigenvalue weighted by molar-refractivity contribution is -0.123. The van der Waals surface area contributed by atoms with Crippen LogP contribution in [0.15, 0.2) is 67.1 Å². The van der Waals surface area contributed by atoms with E-state index in [2.05, 4.69) is 15.3 Å². The fourth-order valence-corrected chi connectivity index (χ4v) is 2.45. The predicted molar refractivity (Wildman–Crippen MR) is 100 cm³/mol. The number of rotatable bonds is 5. The maximum atomic E-state index is 12.3. The molecule has 9 heteroatoms. The van der Waals surface area contributed by atoms with E-state index in [9.17, 15) is 22.8 Å². The number of alkyl halides is 3. The van der Waals surface area contributed by atoms with Gasteiger partial charge in [-0.25, -0.2) is 4.98 Å². The minimum Gasteiger partial charge on any atom is -0.343 e. The molecule has 0 unspecified atom stereocenters. The summed E-state index contributed by atoms with van der Waals surface area (Å²) in [6.07, 6.45) is -0.000772. The van der Waals surface area contributed by atoms with Crippen LogP contribution in [0.5, 0.6) is 0 Å². The van der Waals surface area contributed by atoms with Crippen LogP contribution in [0.1, 0.15) is 20.7 Å². The Balaban J connectivity index is 1.70. The first kappa shape index (κ1) is 20.0. The number of carbonyl (C=O) groups excluding carboxylic acids is 2. The van der Waals surface area contributed by atoms with E-state index in [1.165, 1.54) is 24.5 Å². The molecule has 2 heterocycles. The number of hydrogen-bond donors (Lipinski definition) is 2. The van der Waals surface area contributed by atoms with Gasteiger partial charge in [0.05, 0.1) is 5.56 Å². The van der Waals surface area contributed by atoms with E-state index in [1.54, 1.807) is 42.6 Å². The van der Waals surface area contributed by atoms with E-state index < -0.39 is 18.6 Å². The molecule has 3 aromatic rings. The van der Waals surface area contributed by atoms with Crippen LogP contribution in [-0.4, -0.2) is 34.5 Å². The molecular formula is C20H15F3N4O2. The molecule has 29 heavy (non-hydrogen) atoms. The number of nitrogens with zero attached hydrogens (tertiary/aromatic N) is 2. The van der Waals surface area contributed by atoms with E-state index >= 15 is 0 Å². The van der Waals surface area contributed by atoms with Crippen LogP contribution in [0, 0.1) is 0 Å². The van der Waals surface area contributed by atoms with Crippen LogP contribution in [0.2, 0.25) is 0 Å². The first-order valence-corrected chi connectivity index (χ1v) is 8.45. The summed E-state index contributed by atoms with van der Waals surface area (Å²) < 4.78 is 36.8. The number of carbonyl (C=O) groups is 2. The van der Waals surface area contributed by atoms with Crippen molar-refractivity contribution in [2.24, 2.45) is 0 Å². The molecule has 0 fully saturated rings. The molecule has 2 N–H and O–H groups in total. The summed E-state index contributed by atoms with van der Waals surface area (Å²) in [5, 5.41) is 4.47. The first-order chi connectivity index (χ1) is 13.8. The molecule has 1 aromatic carbocycles. The van der Waals surface area contributed by atoms with Gasteiger partial charge in [0.2, 0.25) is 0 Å². The van der Waals surface area contributed by atoms with Crippen molar-refractivity contribution in [1.82, 2.24) is 15.3 Å². The fraction of sp³-hybridized carbons (Fsp3) is 0.100. The second-order valence-corrected chi connectivity index (χ2v) is 6.01. The van der Waals surface area contributed by atoms with Gasteiger partial charge in [-0.05, 0) is 42.0 Å². The van der Waals surface area contributed by atoms with Gasteiger partial charge in [-0.1, -0.05) is 12.1 Å². The summed E-state index contributed by atoms with van der Waals surface area (Å²) in [5.41, 5.74) is 1.72. The zero-order chi connectivity index (χ0) is 20.9. The zero-order valence-corrected chi connectivity index (χ0v) is 14.9. The van der Waals surface area contributed by atoms with Crippen LogP contribution in [0.4, 0.5) is 19.0 Å². The van der Waals surface area contributed by atoms with Crippen LogP contribution >= 0.6 is 0 Å². The summed E-state index contributed by atoms with van der Waals surface area (Å²) >= 11 is 0.